The molecule has 0 aliphatic rings. The highest BCUT2D eigenvalue weighted by molar-refractivity contribution is 9.10. The molecule has 0 radical (unpaired) electrons. The normalized spacial score (nSPS) is 11.9. The number of aliphatic hydroxyl groups is 1. The Balaban J connectivity index is 1.88. The highest BCUT2D eigenvalue weighted by Crippen LogP contribution is 2.26. The first kappa shape index (κ1) is 14.9. The zero-order valence-electron chi connectivity index (χ0n) is 11.3. The third-order valence-corrected chi connectivity index (χ3v) is 3.49. The van der Waals surface area contributed by atoms with Gasteiger partial charge in [0.25, 0.3) is 0 Å². The summed E-state index contributed by atoms with van der Waals surface area (Å²) in [7, 11) is 1.63. The van der Waals surface area contributed by atoms with Crippen molar-refractivity contribution in [3.05, 3.63) is 58.6 Å². The van der Waals surface area contributed by atoms with Crippen molar-refractivity contribution in [1.82, 2.24) is 0 Å². The van der Waals surface area contributed by atoms with Crippen molar-refractivity contribution in [1.29, 1.82) is 0 Å². The van der Waals surface area contributed by atoms with E-state index in [0.717, 1.165) is 21.5 Å². The molecule has 0 spiro atoms. The summed E-state index contributed by atoms with van der Waals surface area (Å²) in [4.78, 5) is 0. The quantitative estimate of drug-likeness (QED) is 0.878. The van der Waals surface area contributed by atoms with Gasteiger partial charge in [-0.25, -0.2) is 0 Å². The van der Waals surface area contributed by atoms with Gasteiger partial charge in [0.2, 0.25) is 0 Å². The van der Waals surface area contributed by atoms with Crippen LogP contribution in [0.15, 0.2) is 53.0 Å². The van der Waals surface area contributed by atoms with Crippen LogP contribution in [0.4, 0.5) is 0 Å². The molecule has 1 unspecified atom stereocenters. The van der Waals surface area contributed by atoms with Gasteiger partial charge in [0, 0.05) is 6.42 Å². The maximum Gasteiger partial charge on any atom is 0.133 e. The molecule has 1 atom stereocenters. The second-order valence-corrected chi connectivity index (χ2v) is 5.31. The molecule has 4 heteroatoms. The van der Waals surface area contributed by atoms with Gasteiger partial charge in [-0.2, -0.15) is 0 Å². The predicted molar refractivity (Wildman–Crippen MR) is 82.3 cm³/mol. The number of rotatable bonds is 6. The first-order chi connectivity index (χ1) is 9.69. The maximum atomic E-state index is 10.0. The molecule has 0 saturated carbocycles. The molecule has 2 aromatic carbocycles. The lowest BCUT2D eigenvalue weighted by Crippen LogP contribution is -2.20. The highest BCUT2D eigenvalue weighted by Gasteiger charge is 2.09. The Kier molecular flexibility index (Phi) is 5.44. The molecule has 0 heterocycles. The molecule has 20 heavy (non-hydrogen) atoms. The Morgan fingerprint density at radius 1 is 1.15 bits per heavy atom. The SMILES string of the molecule is COc1ccc(CC(O)COc2ccccc2)cc1Br. The fourth-order valence-corrected chi connectivity index (χ4v) is 2.47. The molecular weight excluding hydrogens is 320 g/mol. The van der Waals surface area contributed by atoms with Crippen LogP contribution in [0.25, 0.3) is 0 Å². The van der Waals surface area contributed by atoms with Gasteiger partial charge in [-0.15, -0.1) is 0 Å². The lowest BCUT2D eigenvalue weighted by Gasteiger charge is -2.13. The Bertz CT molecular complexity index is 543. The van der Waals surface area contributed by atoms with E-state index in [9.17, 15) is 5.11 Å². The third-order valence-electron chi connectivity index (χ3n) is 2.87. The average molecular weight is 337 g/mol. The maximum absolute atomic E-state index is 10.0. The molecule has 0 aliphatic carbocycles. The van der Waals surface area contributed by atoms with Crippen LogP contribution in [0.5, 0.6) is 11.5 Å². The minimum absolute atomic E-state index is 0.271. The number of aliphatic hydroxyl groups excluding tert-OH is 1. The van der Waals surface area contributed by atoms with Crippen LogP contribution in [-0.2, 0) is 6.42 Å². The van der Waals surface area contributed by atoms with Crippen molar-refractivity contribution in [2.75, 3.05) is 13.7 Å². The Labute approximate surface area is 127 Å². The van der Waals surface area contributed by atoms with Crippen LogP contribution in [-0.4, -0.2) is 24.9 Å². The molecular formula is C16H17BrO3. The van der Waals surface area contributed by atoms with E-state index < -0.39 is 6.10 Å². The predicted octanol–water partition coefficient (Wildman–Crippen LogP) is 3.44. The van der Waals surface area contributed by atoms with Gasteiger partial charge in [-0.3, -0.25) is 0 Å². The minimum Gasteiger partial charge on any atom is -0.496 e. The number of ether oxygens (including phenoxy) is 2. The Morgan fingerprint density at radius 2 is 1.90 bits per heavy atom. The number of hydrogen-bond acceptors (Lipinski definition) is 3. The number of benzene rings is 2. The first-order valence-corrected chi connectivity index (χ1v) is 7.16. The van der Waals surface area contributed by atoms with E-state index >= 15 is 0 Å². The minimum atomic E-state index is -0.546. The van der Waals surface area contributed by atoms with Gasteiger partial charge < -0.3 is 14.6 Å². The largest absolute Gasteiger partial charge is 0.496 e. The fraction of sp³-hybridized carbons (Fsp3) is 0.250. The molecule has 2 rings (SSSR count). The van der Waals surface area contributed by atoms with Crippen LogP contribution in [0.1, 0.15) is 5.56 Å². The van der Waals surface area contributed by atoms with E-state index in [1.807, 2.05) is 48.5 Å². The number of para-hydroxylation sites is 1. The van der Waals surface area contributed by atoms with Gasteiger partial charge in [0.15, 0.2) is 0 Å². The van der Waals surface area contributed by atoms with Crippen molar-refractivity contribution >= 4 is 15.9 Å². The molecule has 1 N–H and O–H groups in total. The van der Waals surface area contributed by atoms with Gasteiger partial charge >= 0.3 is 0 Å². The van der Waals surface area contributed by atoms with Gasteiger partial charge in [0.1, 0.15) is 18.1 Å². The lowest BCUT2D eigenvalue weighted by atomic mass is 10.1. The summed E-state index contributed by atoms with van der Waals surface area (Å²) in [5.41, 5.74) is 1.03. The van der Waals surface area contributed by atoms with E-state index in [2.05, 4.69) is 15.9 Å². The van der Waals surface area contributed by atoms with Crippen molar-refractivity contribution in [2.45, 2.75) is 12.5 Å². The van der Waals surface area contributed by atoms with Crippen molar-refractivity contribution in [3.63, 3.8) is 0 Å². The zero-order chi connectivity index (χ0) is 14.4. The molecule has 2 aromatic rings. The molecule has 106 valence electrons. The lowest BCUT2D eigenvalue weighted by molar-refractivity contribution is 0.108. The van der Waals surface area contributed by atoms with Gasteiger partial charge in [0.05, 0.1) is 17.7 Å². The Morgan fingerprint density at radius 3 is 2.55 bits per heavy atom. The van der Waals surface area contributed by atoms with E-state index in [0.29, 0.717) is 6.42 Å². The van der Waals surface area contributed by atoms with Crippen LogP contribution in [0.3, 0.4) is 0 Å². The van der Waals surface area contributed by atoms with Crippen molar-refractivity contribution in [2.24, 2.45) is 0 Å². The van der Waals surface area contributed by atoms with Crippen molar-refractivity contribution < 1.29 is 14.6 Å². The molecule has 0 aromatic heterocycles. The monoisotopic (exact) mass is 336 g/mol. The second-order valence-electron chi connectivity index (χ2n) is 4.45. The molecule has 0 bridgehead atoms. The second kappa shape index (κ2) is 7.31. The van der Waals surface area contributed by atoms with Crippen LogP contribution < -0.4 is 9.47 Å². The summed E-state index contributed by atoms with van der Waals surface area (Å²) in [6, 6.07) is 15.3. The molecule has 0 fully saturated rings. The van der Waals surface area contributed by atoms with Gasteiger partial charge in [-0.05, 0) is 45.8 Å². The van der Waals surface area contributed by atoms with E-state index in [1.165, 1.54) is 0 Å². The van der Waals surface area contributed by atoms with Gasteiger partial charge in [-0.1, -0.05) is 24.3 Å². The summed E-state index contributed by atoms with van der Waals surface area (Å²) in [6.07, 6.45) is -0.00870. The van der Waals surface area contributed by atoms with Crippen molar-refractivity contribution in [3.8, 4) is 11.5 Å². The zero-order valence-corrected chi connectivity index (χ0v) is 12.8. The van der Waals surface area contributed by atoms with E-state index in [1.54, 1.807) is 7.11 Å². The van der Waals surface area contributed by atoms with Crippen LogP contribution >= 0.6 is 15.9 Å². The number of halogens is 1. The standard InChI is InChI=1S/C16H17BrO3/c1-19-16-8-7-12(10-15(16)17)9-13(18)11-20-14-5-3-2-4-6-14/h2-8,10,13,18H,9,11H2,1H3. The Hall–Kier alpha value is -1.52. The van der Waals surface area contributed by atoms with Crippen LogP contribution in [0.2, 0.25) is 0 Å². The van der Waals surface area contributed by atoms with E-state index in [4.69, 9.17) is 9.47 Å². The number of methoxy groups -OCH3 is 1. The summed E-state index contributed by atoms with van der Waals surface area (Å²) in [5.74, 6) is 1.55. The summed E-state index contributed by atoms with van der Waals surface area (Å²) >= 11 is 3.44. The third kappa shape index (κ3) is 4.25. The number of hydrogen-bond donors (Lipinski definition) is 1. The highest BCUT2D eigenvalue weighted by atomic mass is 79.9. The average Bonchev–Trinajstić information content (AvgIpc) is 2.46. The topological polar surface area (TPSA) is 38.7 Å². The smallest absolute Gasteiger partial charge is 0.133 e. The summed E-state index contributed by atoms with van der Waals surface area (Å²) in [5, 5.41) is 10.0. The molecule has 0 amide bonds. The molecule has 0 aliphatic heterocycles. The summed E-state index contributed by atoms with van der Waals surface area (Å²) < 4.78 is 11.6. The van der Waals surface area contributed by atoms with Crippen LogP contribution in [0, 0.1) is 0 Å². The van der Waals surface area contributed by atoms with E-state index in [-0.39, 0.29) is 6.61 Å². The molecule has 0 saturated heterocycles. The fourth-order valence-electron chi connectivity index (χ4n) is 1.88. The first-order valence-electron chi connectivity index (χ1n) is 6.37. The molecule has 3 nitrogen and oxygen atoms in total. The summed E-state index contributed by atoms with van der Waals surface area (Å²) in [6.45, 7) is 0.271.